The summed E-state index contributed by atoms with van der Waals surface area (Å²) >= 11 is 3.38. The third-order valence-corrected chi connectivity index (χ3v) is 8.81. The number of hydrogen-bond acceptors (Lipinski definition) is 7. The van der Waals surface area contributed by atoms with Crippen molar-refractivity contribution in [1.29, 1.82) is 0 Å². The normalized spacial score (nSPS) is 25.7. The van der Waals surface area contributed by atoms with Crippen molar-refractivity contribution in [3.63, 3.8) is 0 Å². The van der Waals surface area contributed by atoms with E-state index in [-0.39, 0.29) is 24.4 Å². The van der Waals surface area contributed by atoms with Crippen molar-refractivity contribution in [2.24, 2.45) is 21.4 Å². The predicted octanol–water partition coefficient (Wildman–Crippen LogP) is 5.57. The number of amides is 3. The minimum atomic E-state index is -0.980. The van der Waals surface area contributed by atoms with Crippen LogP contribution in [-0.4, -0.2) is 52.1 Å². The molecule has 1 saturated heterocycles. The Hall–Kier alpha value is -4.44. The number of halogens is 1. The first-order valence-corrected chi connectivity index (χ1v) is 14.8. The minimum Gasteiger partial charge on any atom is -0.271 e. The van der Waals surface area contributed by atoms with Gasteiger partial charge in [0.05, 0.1) is 17.4 Å². The quantitative estimate of drug-likeness (QED) is 0.348. The van der Waals surface area contributed by atoms with Crippen LogP contribution >= 0.6 is 15.9 Å². The number of hydrogen-bond donors (Lipinski definition) is 0. The van der Waals surface area contributed by atoms with E-state index in [0.29, 0.717) is 5.69 Å². The predicted molar refractivity (Wildman–Crippen MR) is 161 cm³/mol. The summed E-state index contributed by atoms with van der Waals surface area (Å²) in [6.07, 6.45) is 4.97. The summed E-state index contributed by atoms with van der Waals surface area (Å²) in [5.41, 5.74) is 4.63. The van der Waals surface area contributed by atoms with E-state index in [9.17, 15) is 14.4 Å². The van der Waals surface area contributed by atoms with Gasteiger partial charge in [0, 0.05) is 10.4 Å². The lowest BCUT2D eigenvalue weighted by atomic mass is 9.77. The fraction of sp³-hybridized carbons (Fsp3) is 0.250. The molecule has 0 bridgehead atoms. The second-order valence-electron chi connectivity index (χ2n) is 10.8. The number of imide groups is 1. The van der Waals surface area contributed by atoms with Crippen LogP contribution in [0.4, 0.5) is 5.69 Å². The molecule has 3 amide bonds. The molecule has 9 nitrogen and oxygen atoms in total. The molecule has 3 heterocycles. The van der Waals surface area contributed by atoms with Crippen LogP contribution in [-0.2, 0) is 14.4 Å². The second kappa shape index (κ2) is 10.8. The van der Waals surface area contributed by atoms with Gasteiger partial charge in [0.2, 0.25) is 0 Å². The standard InChI is InChI=1S/C32H27BrN6O3/c33-23-14-16-24(17-15-23)38-31(41)28-30(32(38)42)37(36-34-28)19-26(40)39-29(21-10-5-2-6-11-21)25-13-7-12-22(27(25)35-39)18-20-8-3-1-4-9-20/h1-6,8-11,14-18,25,28-30H,7,12-13,19H2/b22-18+/t25-,28+,29-,30+/m0/s1. The molecule has 3 aromatic carbocycles. The smallest absolute Gasteiger partial charge is 0.264 e. The first-order chi connectivity index (χ1) is 20.5. The van der Waals surface area contributed by atoms with Crippen molar-refractivity contribution in [2.75, 3.05) is 11.4 Å². The Morgan fingerprint density at radius 1 is 0.905 bits per heavy atom. The summed E-state index contributed by atoms with van der Waals surface area (Å²) in [4.78, 5) is 41.8. The van der Waals surface area contributed by atoms with Crippen LogP contribution in [0.15, 0.2) is 110 Å². The van der Waals surface area contributed by atoms with E-state index in [4.69, 9.17) is 5.10 Å². The van der Waals surface area contributed by atoms with Crippen LogP contribution in [0, 0.1) is 5.92 Å². The SMILES string of the molecule is O=C1[C@@H]2N=NN(CC(=O)N3N=C4/C(=C/c5ccccc5)CCC[C@@H]4[C@@H]3c3ccccc3)[C@H]2C(=O)N1c1ccc(Br)cc1. The van der Waals surface area contributed by atoms with Gasteiger partial charge in [-0.05, 0) is 66.3 Å². The van der Waals surface area contributed by atoms with Crippen molar-refractivity contribution in [1.82, 2.24) is 10.0 Å². The largest absolute Gasteiger partial charge is 0.271 e. The summed E-state index contributed by atoms with van der Waals surface area (Å²) < 4.78 is 0.833. The van der Waals surface area contributed by atoms with E-state index in [1.165, 1.54) is 5.01 Å². The van der Waals surface area contributed by atoms with Gasteiger partial charge in [-0.3, -0.25) is 19.4 Å². The molecular formula is C32H27BrN6O3. The van der Waals surface area contributed by atoms with Gasteiger partial charge in [0.1, 0.15) is 6.54 Å². The zero-order chi connectivity index (χ0) is 28.8. The number of rotatable bonds is 5. The van der Waals surface area contributed by atoms with E-state index in [0.717, 1.165) is 51.0 Å². The molecule has 42 heavy (non-hydrogen) atoms. The molecule has 7 rings (SSSR count). The molecule has 1 aliphatic carbocycles. The van der Waals surface area contributed by atoms with Crippen molar-refractivity contribution < 1.29 is 14.4 Å². The minimum absolute atomic E-state index is 0.0515. The van der Waals surface area contributed by atoms with Crippen molar-refractivity contribution >= 4 is 51.1 Å². The number of nitrogens with zero attached hydrogens (tertiary/aromatic N) is 6. The highest BCUT2D eigenvalue weighted by molar-refractivity contribution is 9.10. The molecule has 210 valence electrons. The summed E-state index contributed by atoms with van der Waals surface area (Å²) in [7, 11) is 0. The summed E-state index contributed by atoms with van der Waals surface area (Å²) in [5, 5.41) is 16.1. The van der Waals surface area contributed by atoms with Crippen LogP contribution in [0.25, 0.3) is 6.08 Å². The highest BCUT2D eigenvalue weighted by atomic mass is 79.9. The molecule has 4 aliphatic rings. The molecular weight excluding hydrogens is 596 g/mol. The van der Waals surface area contributed by atoms with Crippen LogP contribution in [0.5, 0.6) is 0 Å². The Kier molecular flexibility index (Phi) is 6.78. The third kappa shape index (κ3) is 4.56. The first kappa shape index (κ1) is 26.5. The van der Waals surface area contributed by atoms with Gasteiger partial charge >= 0.3 is 0 Å². The van der Waals surface area contributed by atoms with Gasteiger partial charge in [0.15, 0.2) is 12.1 Å². The first-order valence-electron chi connectivity index (χ1n) is 14.0. The molecule has 1 saturated carbocycles. The highest BCUT2D eigenvalue weighted by Gasteiger charge is 2.55. The zero-order valence-corrected chi connectivity index (χ0v) is 24.2. The topological polar surface area (TPSA) is 98.0 Å². The third-order valence-electron chi connectivity index (χ3n) is 8.28. The maximum atomic E-state index is 14.0. The highest BCUT2D eigenvalue weighted by Crippen LogP contribution is 2.44. The Bertz CT molecular complexity index is 1640. The van der Waals surface area contributed by atoms with E-state index in [1.807, 2.05) is 48.5 Å². The van der Waals surface area contributed by atoms with Crippen LogP contribution in [0.2, 0.25) is 0 Å². The fourth-order valence-corrected chi connectivity index (χ4v) is 6.61. The lowest BCUT2D eigenvalue weighted by molar-refractivity contribution is -0.136. The number of anilines is 1. The van der Waals surface area contributed by atoms with Crippen molar-refractivity contribution in [3.8, 4) is 0 Å². The van der Waals surface area contributed by atoms with Gasteiger partial charge in [-0.25, -0.2) is 9.91 Å². The molecule has 0 radical (unpaired) electrons. The lowest BCUT2D eigenvalue weighted by Crippen LogP contribution is -2.45. The molecule has 0 aromatic heterocycles. The summed E-state index contributed by atoms with van der Waals surface area (Å²) in [6, 6.07) is 24.8. The maximum Gasteiger partial charge on any atom is 0.264 e. The van der Waals surface area contributed by atoms with Gasteiger partial charge in [0.25, 0.3) is 17.7 Å². The summed E-state index contributed by atoms with van der Waals surface area (Å²) in [6.45, 7) is -0.220. The van der Waals surface area contributed by atoms with Crippen molar-refractivity contribution in [2.45, 2.75) is 37.4 Å². The Morgan fingerprint density at radius 2 is 1.62 bits per heavy atom. The second-order valence-corrected chi connectivity index (χ2v) is 11.8. The van der Waals surface area contributed by atoms with Gasteiger partial charge in [-0.1, -0.05) is 81.8 Å². The van der Waals surface area contributed by atoms with E-state index in [1.54, 1.807) is 29.3 Å². The number of benzene rings is 3. The number of carbonyl (C=O) groups is 3. The molecule has 0 spiro atoms. The average molecular weight is 624 g/mol. The van der Waals surface area contributed by atoms with Crippen LogP contribution in [0.1, 0.15) is 36.4 Å². The van der Waals surface area contributed by atoms with Crippen molar-refractivity contribution in [3.05, 3.63) is 106 Å². The molecule has 0 unspecified atom stereocenters. The molecule has 0 N–H and O–H groups in total. The zero-order valence-electron chi connectivity index (χ0n) is 22.6. The molecule has 3 aliphatic heterocycles. The number of carbonyl (C=O) groups excluding carboxylic acids is 3. The Labute approximate surface area is 251 Å². The van der Waals surface area contributed by atoms with E-state index >= 15 is 0 Å². The Morgan fingerprint density at radius 3 is 2.36 bits per heavy atom. The van der Waals surface area contributed by atoms with Gasteiger partial charge in [-0.2, -0.15) is 10.2 Å². The van der Waals surface area contributed by atoms with Gasteiger partial charge in [-0.15, -0.1) is 0 Å². The monoisotopic (exact) mass is 622 g/mol. The molecule has 10 heteroatoms. The van der Waals surface area contributed by atoms with E-state index < -0.39 is 23.9 Å². The molecule has 4 atom stereocenters. The molecule has 3 aromatic rings. The fourth-order valence-electron chi connectivity index (χ4n) is 6.35. The maximum absolute atomic E-state index is 14.0. The van der Waals surface area contributed by atoms with Crippen LogP contribution in [0.3, 0.4) is 0 Å². The lowest BCUT2D eigenvalue weighted by Gasteiger charge is -2.30. The number of allylic oxidation sites excluding steroid dienone is 1. The van der Waals surface area contributed by atoms with E-state index in [2.05, 4.69) is 44.5 Å². The van der Waals surface area contributed by atoms with Crippen LogP contribution < -0.4 is 4.90 Å². The number of hydrazone groups is 1. The molecule has 2 fully saturated rings. The summed E-state index contributed by atoms with van der Waals surface area (Å²) in [5.74, 6) is -1.14. The Balaban J connectivity index is 1.18. The number of fused-ring (bicyclic) bond motifs is 2. The average Bonchev–Trinajstić information content (AvgIpc) is 3.68. The van der Waals surface area contributed by atoms with Gasteiger partial charge < -0.3 is 0 Å².